The predicted molar refractivity (Wildman–Crippen MR) is 65.5 cm³/mol. The molecule has 2 aromatic rings. The Labute approximate surface area is 147 Å². The normalized spacial score (nSPS) is 9.39. The molecule has 0 unspecified atom stereocenters. The average Bonchev–Trinajstić information content (AvgIpc) is 2.38. The Kier molecular flexibility index (Phi) is 9.49. The average molecular weight is 480 g/mol. The predicted octanol–water partition coefficient (Wildman–Crippen LogP) is 2.58. The van der Waals surface area contributed by atoms with Crippen LogP contribution in [0, 0.1) is 12.6 Å². The molecule has 1 radical (unpaired) electrons. The first kappa shape index (κ1) is 17.7. The molecule has 0 heterocycles. The topological polar surface area (TPSA) is 38.4 Å². The third-order valence-electron chi connectivity index (χ3n) is 2.13. The van der Waals surface area contributed by atoms with Gasteiger partial charge in [-0.15, -0.1) is 24.0 Å². The summed E-state index contributed by atoms with van der Waals surface area (Å²) in [5.74, 6) is 0. The molecule has 2 aromatic carbocycles. The van der Waals surface area contributed by atoms with Crippen molar-refractivity contribution < 1.29 is 53.8 Å². The van der Waals surface area contributed by atoms with Crippen molar-refractivity contribution in [1.29, 1.82) is 0 Å². The Balaban J connectivity index is 0.00000144. The van der Waals surface area contributed by atoms with Gasteiger partial charge >= 0.3 is 21.1 Å². The van der Waals surface area contributed by atoms with E-state index in [1.807, 2.05) is 48.5 Å². The number of aliphatic imine (C=N–C) groups is 1. The third kappa shape index (κ3) is 5.16. The molecule has 0 atom stereocenters. The fraction of sp³-hybridized carbons (Fsp3) is 0. The van der Waals surface area contributed by atoms with Crippen LogP contribution in [0.1, 0.15) is 11.1 Å². The standard InChI is InChI=1S/C14H11N2.W.Y/c15-10-12-6-4-5-7-13(12)11-16-14-8-2-1-3-9-14;;/h1-8,10H,15H2;;/q-3;+2;. The maximum Gasteiger partial charge on any atom is 2.00 e. The molecule has 87 valence electrons. The molecular weight excluding hydrogens is 469 g/mol. The van der Waals surface area contributed by atoms with Crippen molar-refractivity contribution >= 4 is 11.9 Å². The summed E-state index contributed by atoms with van der Waals surface area (Å²) < 4.78 is 0. The van der Waals surface area contributed by atoms with E-state index in [9.17, 15) is 0 Å². The first-order valence-electron chi connectivity index (χ1n) is 4.97. The van der Waals surface area contributed by atoms with Crippen LogP contribution in [-0.4, -0.2) is 6.21 Å². The van der Waals surface area contributed by atoms with Gasteiger partial charge in [-0.2, -0.15) is 36.9 Å². The molecule has 0 aliphatic carbocycles. The fourth-order valence-electron chi connectivity index (χ4n) is 1.32. The summed E-state index contributed by atoms with van der Waals surface area (Å²) in [6.45, 7) is 1.55. The molecular formula is C14H11N2WY-. The first-order chi connectivity index (χ1) is 7.90. The van der Waals surface area contributed by atoms with Crippen molar-refractivity contribution in [2.45, 2.75) is 0 Å². The van der Waals surface area contributed by atoms with Crippen molar-refractivity contribution in [3.8, 4) is 0 Å². The molecule has 0 bridgehead atoms. The molecule has 4 heteroatoms. The maximum absolute atomic E-state index is 5.51. The second-order valence-electron chi connectivity index (χ2n) is 3.23. The van der Waals surface area contributed by atoms with Crippen LogP contribution < -0.4 is 5.73 Å². The van der Waals surface area contributed by atoms with Gasteiger partial charge in [0.1, 0.15) is 0 Å². The van der Waals surface area contributed by atoms with E-state index in [0.29, 0.717) is 0 Å². The molecule has 0 saturated heterocycles. The number of rotatable bonds is 3. The Morgan fingerprint density at radius 2 is 1.83 bits per heavy atom. The Bertz CT molecular complexity index is 486. The zero-order chi connectivity index (χ0) is 11.2. The van der Waals surface area contributed by atoms with Gasteiger partial charge in [-0.3, -0.25) is 5.56 Å². The minimum Gasteiger partial charge on any atom is -0.392 e. The smallest absolute Gasteiger partial charge is 0.392 e. The largest absolute Gasteiger partial charge is 2.00 e. The number of para-hydroxylation sites is 1. The van der Waals surface area contributed by atoms with Crippen molar-refractivity contribution in [2.24, 2.45) is 10.7 Å². The molecule has 2 nitrogen and oxygen atoms in total. The second kappa shape index (κ2) is 9.63. The van der Waals surface area contributed by atoms with E-state index in [2.05, 4.69) is 17.3 Å². The summed E-state index contributed by atoms with van der Waals surface area (Å²) in [4.78, 5) is 4.20. The van der Waals surface area contributed by atoms with Crippen LogP contribution in [0.25, 0.3) is 0 Å². The van der Waals surface area contributed by atoms with E-state index in [0.717, 1.165) is 16.8 Å². The molecule has 0 amide bonds. The quantitative estimate of drug-likeness (QED) is 0.533. The summed E-state index contributed by atoms with van der Waals surface area (Å²) in [5, 5.41) is 0. The molecule has 0 aromatic heterocycles. The van der Waals surface area contributed by atoms with Gasteiger partial charge in [0.15, 0.2) is 0 Å². The SMILES string of the molecule is N[CH-]c1ccccc1[C-]=Nc1[c-]cccc1.[W+2].[Y]. The molecule has 2 rings (SSSR count). The van der Waals surface area contributed by atoms with Gasteiger partial charge in [0.2, 0.25) is 0 Å². The Morgan fingerprint density at radius 3 is 2.50 bits per heavy atom. The van der Waals surface area contributed by atoms with Gasteiger partial charge in [-0.25, -0.2) is 17.7 Å². The number of nitrogens with zero attached hydrogens (tertiary/aromatic N) is 1. The molecule has 0 aliphatic heterocycles. The number of hydrogen-bond donors (Lipinski definition) is 1. The molecule has 0 fully saturated rings. The van der Waals surface area contributed by atoms with E-state index in [4.69, 9.17) is 5.73 Å². The van der Waals surface area contributed by atoms with Gasteiger partial charge < -0.3 is 10.7 Å². The third-order valence-corrected chi connectivity index (χ3v) is 2.13. The van der Waals surface area contributed by atoms with Crippen LogP contribution in [0.15, 0.2) is 53.5 Å². The molecule has 0 spiro atoms. The molecule has 2 N–H and O–H groups in total. The summed E-state index contributed by atoms with van der Waals surface area (Å²) >= 11 is 0. The van der Waals surface area contributed by atoms with E-state index >= 15 is 0 Å². The van der Waals surface area contributed by atoms with Crippen LogP contribution >= 0.6 is 0 Å². The zero-order valence-electron chi connectivity index (χ0n) is 9.71. The first-order valence-corrected chi connectivity index (χ1v) is 4.97. The van der Waals surface area contributed by atoms with Crippen molar-refractivity contribution in [3.05, 3.63) is 72.3 Å². The number of benzene rings is 2. The molecule has 18 heavy (non-hydrogen) atoms. The monoisotopic (exact) mass is 480 g/mol. The minimum atomic E-state index is 0. The van der Waals surface area contributed by atoms with Gasteiger partial charge in [-0.05, 0) is 0 Å². The minimum absolute atomic E-state index is 0. The van der Waals surface area contributed by atoms with E-state index in [-0.39, 0.29) is 53.8 Å². The van der Waals surface area contributed by atoms with Crippen LogP contribution in [0.5, 0.6) is 0 Å². The van der Waals surface area contributed by atoms with Crippen molar-refractivity contribution in [1.82, 2.24) is 0 Å². The molecule has 0 aliphatic rings. The van der Waals surface area contributed by atoms with Crippen LogP contribution in [0.3, 0.4) is 0 Å². The fourth-order valence-corrected chi connectivity index (χ4v) is 1.32. The zero-order valence-corrected chi connectivity index (χ0v) is 15.5. The van der Waals surface area contributed by atoms with Crippen LogP contribution in [0.4, 0.5) is 5.69 Å². The Hall–Kier alpha value is -0.268. The molecule has 0 saturated carbocycles. The summed E-state index contributed by atoms with van der Waals surface area (Å²) in [5.41, 5.74) is 8.06. The van der Waals surface area contributed by atoms with Crippen molar-refractivity contribution in [3.63, 3.8) is 0 Å². The van der Waals surface area contributed by atoms with Crippen LogP contribution in [0.2, 0.25) is 0 Å². The number of hydrogen-bond acceptors (Lipinski definition) is 2. The van der Waals surface area contributed by atoms with E-state index in [1.54, 1.807) is 6.54 Å². The Morgan fingerprint density at radius 1 is 1.11 bits per heavy atom. The van der Waals surface area contributed by atoms with Crippen LogP contribution in [-0.2, 0) is 53.8 Å². The van der Waals surface area contributed by atoms with Gasteiger partial charge in [0, 0.05) is 32.7 Å². The van der Waals surface area contributed by atoms with E-state index in [1.165, 1.54) is 0 Å². The summed E-state index contributed by atoms with van der Waals surface area (Å²) in [6.07, 6.45) is 2.96. The summed E-state index contributed by atoms with van der Waals surface area (Å²) in [6, 6.07) is 18.2. The van der Waals surface area contributed by atoms with E-state index < -0.39 is 0 Å². The van der Waals surface area contributed by atoms with Gasteiger partial charge in [0.25, 0.3) is 0 Å². The maximum atomic E-state index is 5.51. The van der Waals surface area contributed by atoms with Crippen molar-refractivity contribution in [2.75, 3.05) is 0 Å². The number of nitrogens with two attached hydrogens (primary N) is 1. The van der Waals surface area contributed by atoms with Gasteiger partial charge in [-0.1, -0.05) is 0 Å². The van der Waals surface area contributed by atoms with Gasteiger partial charge in [0.05, 0.1) is 0 Å². The second-order valence-corrected chi connectivity index (χ2v) is 3.23. The summed E-state index contributed by atoms with van der Waals surface area (Å²) in [7, 11) is 0.